The summed E-state index contributed by atoms with van der Waals surface area (Å²) >= 11 is 12.2. The maximum atomic E-state index is 13.5. The number of aryl methyl sites for hydroxylation is 1. The lowest BCUT2D eigenvalue weighted by Gasteiger charge is -2.20. The first kappa shape index (κ1) is 22.4. The minimum Gasteiger partial charge on any atom is -0.464 e. The number of aromatic nitrogens is 3. The standard InChI is InChI=1S/C25H20Cl2N4O3/c1-12-8-17(13(2)28-19-6-7-20(27)29-22(19)25(33)34-3)21-18(9-12)24(32)31-11-14-10-15(26)4-5-16(14)23(31)30-21/h4-10,13,28H,11H2,1-3H3/t13-/m1/s1. The molecule has 3 heterocycles. The Hall–Kier alpha value is -3.42. The molecule has 1 aliphatic rings. The van der Waals surface area contributed by atoms with Crippen LogP contribution in [-0.4, -0.2) is 27.6 Å². The summed E-state index contributed by atoms with van der Waals surface area (Å²) in [7, 11) is 1.29. The van der Waals surface area contributed by atoms with Crippen LogP contribution in [0.5, 0.6) is 0 Å². The van der Waals surface area contributed by atoms with Gasteiger partial charge in [0.1, 0.15) is 11.0 Å². The molecule has 0 fully saturated rings. The van der Waals surface area contributed by atoms with E-state index >= 15 is 0 Å². The molecule has 9 heteroatoms. The predicted molar refractivity (Wildman–Crippen MR) is 133 cm³/mol. The van der Waals surface area contributed by atoms with E-state index in [1.165, 1.54) is 7.11 Å². The Balaban J connectivity index is 1.65. The van der Waals surface area contributed by atoms with Crippen molar-refractivity contribution in [3.05, 3.63) is 85.4 Å². The molecular formula is C25H20Cl2N4O3. The highest BCUT2D eigenvalue weighted by molar-refractivity contribution is 6.30. The molecule has 2 aromatic heterocycles. The summed E-state index contributed by atoms with van der Waals surface area (Å²) in [6.07, 6.45) is 0. The first-order chi connectivity index (χ1) is 16.3. The van der Waals surface area contributed by atoms with Gasteiger partial charge in [-0.25, -0.2) is 14.8 Å². The van der Waals surface area contributed by atoms with Gasteiger partial charge in [0.2, 0.25) is 0 Å². The van der Waals surface area contributed by atoms with Crippen LogP contribution < -0.4 is 10.9 Å². The van der Waals surface area contributed by atoms with E-state index < -0.39 is 5.97 Å². The number of carbonyl (C=O) groups excluding carboxylic acids is 1. The molecule has 1 N–H and O–H groups in total. The SMILES string of the molecule is COC(=O)c1nc(Cl)ccc1N[C@H](C)c1cc(C)cc2c(=O)n3c(nc12)-c1ccc(Cl)cc1C3. The van der Waals surface area contributed by atoms with E-state index in [9.17, 15) is 9.59 Å². The zero-order valence-electron chi connectivity index (χ0n) is 18.6. The molecule has 172 valence electrons. The number of carbonyl (C=O) groups is 1. The van der Waals surface area contributed by atoms with Crippen LogP contribution in [0.1, 0.15) is 40.1 Å². The van der Waals surface area contributed by atoms with E-state index in [0.717, 1.165) is 22.3 Å². The van der Waals surface area contributed by atoms with E-state index in [2.05, 4.69) is 10.3 Å². The molecule has 0 amide bonds. The fourth-order valence-corrected chi connectivity index (χ4v) is 4.72. The molecule has 2 aromatic carbocycles. The van der Waals surface area contributed by atoms with Gasteiger partial charge in [-0.2, -0.15) is 0 Å². The van der Waals surface area contributed by atoms with Crippen molar-refractivity contribution in [2.24, 2.45) is 0 Å². The van der Waals surface area contributed by atoms with Crippen molar-refractivity contribution in [3.8, 4) is 11.4 Å². The van der Waals surface area contributed by atoms with Crippen LogP contribution in [0.2, 0.25) is 10.2 Å². The third-order valence-electron chi connectivity index (χ3n) is 5.95. The minimum atomic E-state index is -0.601. The molecule has 4 aromatic rings. The third-order valence-corrected chi connectivity index (χ3v) is 6.39. The van der Waals surface area contributed by atoms with Crippen molar-refractivity contribution < 1.29 is 9.53 Å². The van der Waals surface area contributed by atoms with Crippen LogP contribution in [-0.2, 0) is 11.3 Å². The van der Waals surface area contributed by atoms with Crippen LogP contribution >= 0.6 is 23.2 Å². The molecule has 0 saturated carbocycles. The van der Waals surface area contributed by atoms with E-state index in [1.807, 2.05) is 38.1 Å². The summed E-state index contributed by atoms with van der Waals surface area (Å²) in [4.78, 5) is 34.7. The minimum absolute atomic E-state index is 0.0820. The van der Waals surface area contributed by atoms with Gasteiger partial charge in [-0.1, -0.05) is 29.3 Å². The highest BCUT2D eigenvalue weighted by atomic mass is 35.5. The van der Waals surface area contributed by atoms with Crippen molar-refractivity contribution >= 4 is 45.8 Å². The zero-order chi connectivity index (χ0) is 24.1. The number of halogens is 2. The second-order valence-corrected chi connectivity index (χ2v) is 9.09. The van der Waals surface area contributed by atoms with Gasteiger partial charge in [-0.15, -0.1) is 0 Å². The van der Waals surface area contributed by atoms with Crippen molar-refractivity contribution in [2.75, 3.05) is 12.4 Å². The van der Waals surface area contributed by atoms with Crippen molar-refractivity contribution in [1.29, 1.82) is 0 Å². The summed E-state index contributed by atoms with van der Waals surface area (Å²) in [6, 6.07) is 12.4. The first-order valence-corrected chi connectivity index (χ1v) is 11.4. The molecule has 0 unspecified atom stereocenters. The van der Waals surface area contributed by atoms with Crippen molar-refractivity contribution in [1.82, 2.24) is 14.5 Å². The van der Waals surface area contributed by atoms with E-state index in [-0.39, 0.29) is 22.4 Å². The molecular weight excluding hydrogens is 475 g/mol. The molecule has 1 atom stereocenters. The maximum Gasteiger partial charge on any atom is 0.358 e. The molecule has 34 heavy (non-hydrogen) atoms. The highest BCUT2D eigenvalue weighted by Crippen LogP contribution is 2.34. The largest absolute Gasteiger partial charge is 0.464 e. The first-order valence-electron chi connectivity index (χ1n) is 10.6. The average Bonchev–Trinajstić information content (AvgIpc) is 3.17. The molecule has 1 aliphatic heterocycles. The van der Waals surface area contributed by atoms with Crippen LogP contribution in [0.15, 0.2) is 47.3 Å². The number of benzene rings is 2. The molecule has 5 rings (SSSR count). The summed E-state index contributed by atoms with van der Waals surface area (Å²) in [5.41, 5.74) is 4.66. The fourth-order valence-electron chi connectivity index (χ4n) is 4.38. The monoisotopic (exact) mass is 494 g/mol. The molecule has 7 nitrogen and oxygen atoms in total. The van der Waals surface area contributed by atoms with E-state index in [4.69, 9.17) is 32.9 Å². The Morgan fingerprint density at radius 2 is 1.94 bits per heavy atom. The Morgan fingerprint density at radius 3 is 2.71 bits per heavy atom. The van der Waals surface area contributed by atoms with Gasteiger partial charge in [0.15, 0.2) is 5.69 Å². The number of nitrogens with zero attached hydrogens (tertiary/aromatic N) is 3. The quantitative estimate of drug-likeness (QED) is 0.266. The number of pyridine rings is 1. The Labute approximate surface area is 205 Å². The Kier molecular flexibility index (Phi) is 5.54. The summed E-state index contributed by atoms with van der Waals surface area (Å²) in [5.74, 6) is 0.0145. The second-order valence-electron chi connectivity index (χ2n) is 8.27. The van der Waals surface area contributed by atoms with Gasteiger partial charge in [-0.3, -0.25) is 9.36 Å². The number of esters is 1. The van der Waals surface area contributed by atoms with E-state index in [0.29, 0.717) is 34.0 Å². The smallest absolute Gasteiger partial charge is 0.358 e. The van der Waals surface area contributed by atoms with E-state index in [1.54, 1.807) is 22.8 Å². The van der Waals surface area contributed by atoms with Crippen molar-refractivity contribution in [2.45, 2.75) is 26.4 Å². The second kappa shape index (κ2) is 8.42. The van der Waals surface area contributed by atoms with Gasteiger partial charge >= 0.3 is 5.97 Å². The third kappa shape index (κ3) is 3.71. The molecule has 0 spiro atoms. The van der Waals surface area contributed by atoms with Crippen LogP contribution in [0.25, 0.3) is 22.3 Å². The molecule has 0 bridgehead atoms. The normalized spacial score (nSPS) is 12.9. The fraction of sp³-hybridized carbons (Fsp3) is 0.200. The lowest BCUT2D eigenvalue weighted by Crippen LogP contribution is -2.22. The summed E-state index contributed by atoms with van der Waals surface area (Å²) in [6.45, 7) is 4.30. The maximum absolute atomic E-state index is 13.5. The van der Waals surface area contributed by atoms with Crippen LogP contribution in [0.4, 0.5) is 5.69 Å². The van der Waals surface area contributed by atoms with Gasteiger partial charge in [0, 0.05) is 16.1 Å². The summed E-state index contributed by atoms with van der Waals surface area (Å²) < 4.78 is 6.53. The number of anilines is 1. The number of rotatable bonds is 4. The molecule has 0 saturated heterocycles. The van der Waals surface area contributed by atoms with Gasteiger partial charge in [0.25, 0.3) is 5.56 Å². The number of hydrogen-bond donors (Lipinski definition) is 1. The van der Waals surface area contributed by atoms with Gasteiger partial charge < -0.3 is 10.1 Å². The van der Waals surface area contributed by atoms with Crippen molar-refractivity contribution in [3.63, 3.8) is 0 Å². The average molecular weight is 495 g/mol. The van der Waals surface area contributed by atoms with Crippen LogP contribution in [0, 0.1) is 6.92 Å². The Bertz CT molecular complexity index is 1550. The van der Waals surface area contributed by atoms with Crippen LogP contribution in [0.3, 0.4) is 0 Å². The number of fused-ring (bicyclic) bond motifs is 4. The lowest BCUT2D eigenvalue weighted by molar-refractivity contribution is 0.0595. The number of nitrogens with one attached hydrogen (secondary N) is 1. The molecule has 0 radical (unpaired) electrons. The highest BCUT2D eigenvalue weighted by Gasteiger charge is 2.25. The predicted octanol–water partition coefficient (Wildman–Crippen LogP) is 5.40. The number of ether oxygens (including phenoxy) is 1. The Morgan fingerprint density at radius 1 is 1.15 bits per heavy atom. The number of hydrogen-bond acceptors (Lipinski definition) is 6. The number of methoxy groups -OCH3 is 1. The lowest BCUT2D eigenvalue weighted by atomic mass is 10.0. The topological polar surface area (TPSA) is 86.1 Å². The van der Waals surface area contributed by atoms with Gasteiger partial charge in [-0.05, 0) is 61.4 Å². The zero-order valence-corrected chi connectivity index (χ0v) is 20.2. The van der Waals surface area contributed by atoms with Gasteiger partial charge in [0.05, 0.1) is 36.3 Å². The molecule has 0 aliphatic carbocycles. The summed E-state index contributed by atoms with van der Waals surface area (Å²) in [5, 5.41) is 4.66.